The molecule has 0 spiro atoms. The Morgan fingerprint density at radius 3 is 1.67 bits per heavy atom. The molecule has 1 atom stereocenters. The molecule has 0 aromatic heterocycles. The number of rotatable bonds is 42. The highest BCUT2D eigenvalue weighted by Gasteiger charge is 2.64. The van der Waals surface area contributed by atoms with Crippen LogP contribution in [0.4, 0.5) is 10.5 Å². The molecule has 490 valence electrons. The van der Waals surface area contributed by atoms with E-state index >= 15 is 0 Å². The Bertz CT molecular complexity index is 2990. The molecule has 25 heteroatoms. The average molecular weight is 1290 g/mol. The molecule has 6 amide bonds. The zero-order valence-corrected chi connectivity index (χ0v) is 53.2. The smallest absolute Gasteiger partial charge is 0.319 e. The van der Waals surface area contributed by atoms with Gasteiger partial charge in [-0.25, -0.2) is 4.79 Å². The summed E-state index contributed by atoms with van der Waals surface area (Å²) in [6.45, 7) is 17.7. The summed E-state index contributed by atoms with van der Waals surface area (Å²) in [5.41, 5.74) is 3.63. The van der Waals surface area contributed by atoms with Gasteiger partial charge in [-0.05, 0) is 90.2 Å². The number of carbonyl (C=O) groups is 5. The first-order chi connectivity index (χ1) is 43.5. The molecule has 90 heavy (non-hydrogen) atoms. The van der Waals surface area contributed by atoms with Crippen LogP contribution in [0.1, 0.15) is 83.5 Å². The molecule has 23 nitrogen and oxygen atoms in total. The maximum absolute atomic E-state index is 13.3. The Morgan fingerprint density at radius 1 is 0.622 bits per heavy atom. The summed E-state index contributed by atoms with van der Waals surface area (Å²) in [5, 5.41) is 21.2. The molecule has 0 radical (unpaired) electrons. The first kappa shape index (κ1) is 70.9. The van der Waals surface area contributed by atoms with Crippen LogP contribution in [0.3, 0.4) is 0 Å². The molecule has 4 aromatic rings. The number of ether oxygens (including phenoxy) is 12. The number of nitrogens with zero attached hydrogens (tertiary/aromatic N) is 2. The van der Waals surface area contributed by atoms with Crippen molar-refractivity contribution in [1.29, 1.82) is 5.26 Å². The average Bonchev–Trinajstić information content (AvgIpc) is 0.852. The van der Waals surface area contributed by atoms with E-state index < -0.39 is 18.0 Å². The molecule has 2 aliphatic heterocycles. The maximum atomic E-state index is 13.3. The van der Waals surface area contributed by atoms with Gasteiger partial charge in [-0.1, -0.05) is 63.0 Å². The fraction of sp³-hybridized carbons (Fsp3) is 0.538. The van der Waals surface area contributed by atoms with E-state index in [0.717, 1.165) is 16.7 Å². The van der Waals surface area contributed by atoms with E-state index in [1.54, 1.807) is 60.7 Å². The van der Waals surface area contributed by atoms with Crippen molar-refractivity contribution < 1.29 is 80.8 Å². The number of nitrogens with one attached hydrogen (secondary N) is 4. The van der Waals surface area contributed by atoms with Crippen molar-refractivity contribution in [2.24, 2.45) is 10.8 Å². The molecule has 1 saturated carbocycles. The Morgan fingerprint density at radius 2 is 1.14 bits per heavy atom. The van der Waals surface area contributed by atoms with Gasteiger partial charge in [0.15, 0.2) is 0 Å². The SMILES string of the molecule is CC1(C)C(NC(=O)c2ccc(OCCOCCOCCOCCOCCOCCOCCOCCOCCOCCOCCc3cc(Cl)cc(NC(=O)NCc4ccc5c(c4)CN(C4CCC(=O)NC4=O)C5=O)c3)cc2)C(C)(C)C1Oc1ccc(C#N)c(Cl)c1. The van der Waals surface area contributed by atoms with Crippen LogP contribution < -0.4 is 30.7 Å². The predicted molar refractivity (Wildman–Crippen MR) is 333 cm³/mol. The summed E-state index contributed by atoms with van der Waals surface area (Å²) in [4.78, 5) is 64.5. The van der Waals surface area contributed by atoms with Crippen LogP contribution in [0.2, 0.25) is 10.0 Å². The molecule has 2 fully saturated rings. The Kier molecular flexibility index (Phi) is 29.3. The van der Waals surface area contributed by atoms with Crippen LogP contribution in [-0.2, 0) is 76.5 Å². The number of amides is 6. The van der Waals surface area contributed by atoms with E-state index in [2.05, 4.69) is 55.0 Å². The Hall–Kier alpha value is -6.50. The van der Waals surface area contributed by atoms with Crippen molar-refractivity contribution >= 4 is 58.5 Å². The number of carbonyl (C=O) groups excluding carboxylic acids is 5. The van der Waals surface area contributed by atoms with Gasteiger partial charge in [0.05, 0.1) is 143 Å². The standard InChI is InChI=1S/C65H84Cl2N6O17/c1-64(2)61(65(3,4)62(64)90-53-11-8-48(42-68)55(67)41-53)72-58(75)47-6-9-52(10-7-47)89-36-35-88-34-33-87-32-31-86-30-29-85-28-27-84-26-25-83-24-23-82-22-21-81-20-19-80-18-17-79-16-15-45-38-50(66)40-51(39-45)70-63(78)69-43-46-5-12-54-49(37-46)44-73(60(54)77)56-13-14-57(74)71-59(56)76/h5-12,37-41,56,61-62H,13-36,43-44H2,1-4H3,(H,72,75)(H2,69,70,78)(H,71,74,76). The van der Waals surface area contributed by atoms with Crippen molar-refractivity contribution in [3.8, 4) is 17.6 Å². The molecule has 4 N–H and O–H groups in total. The lowest BCUT2D eigenvalue weighted by atomic mass is 9.49. The van der Waals surface area contributed by atoms with Crippen LogP contribution >= 0.6 is 23.2 Å². The van der Waals surface area contributed by atoms with Gasteiger partial charge >= 0.3 is 6.03 Å². The van der Waals surface area contributed by atoms with Gasteiger partial charge in [0, 0.05) is 64.3 Å². The van der Waals surface area contributed by atoms with E-state index in [9.17, 15) is 29.2 Å². The van der Waals surface area contributed by atoms with Crippen LogP contribution in [0, 0.1) is 22.2 Å². The van der Waals surface area contributed by atoms with Crippen molar-refractivity contribution in [3.05, 3.63) is 122 Å². The third-order valence-corrected chi connectivity index (χ3v) is 15.7. The summed E-state index contributed by atoms with van der Waals surface area (Å²) >= 11 is 12.6. The first-order valence-corrected chi connectivity index (χ1v) is 31.1. The molecule has 1 saturated heterocycles. The summed E-state index contributed by atoms with van der Waals surface area (Å²) in [7, 11) is 0. The molecular weight excluding hydrogens is 1210 g/mol. The molecule has 1 unspecified atom stereocenters. The normalized spacial score (nSPS) is 17.3. The molecule has 1 aliphatic carbocycles. The number of nitriles is 1. The van der Waals surface area contributed by atoms with Crippen LogP contribution in [0.15, 0.2) is 78.9 Å². The van der Waals surface area contributed by atoms with Gasteiger partial charge in [0.2, 0.25) is 11.8 Å². The van der Waals surface area contributed by atoms with Crippen LogP contribution in [0.25, 0.3) is 0 Å². The topological polar surface area (TPSA) is 271 Å². The fourth-order valence-electron chi connectivity index (χ4n) is 11.0. The molecule has 2 heterocycles. The number of piperidine rings is 1. The van der Waals surface area contributed by atoms with Crippen LogP contribution in [0.5, 0.6) is 11.5 Å². The third-order valence-electron chi connectivity index (χ3n) is 15.2. The van der Waals surface area contributed by atoms with Gasteiger partial charge in [-0.3, -0.25) is 24.5 Å². The molecule has 4 aromatic carbocycles. The summed E-state index contributed by atoms with van der Waals surface area (Å²) in [6.07, 6.45) is 0.843. The van der Waals surface area contributed by atoms with E-state index in [1.165, 1.54) is 4.90 Å². The third kappa shape index (κ3) is 22.4. The highest BCUT2D eigenvalue weighted by Crippen LogP contribution is 2.55. The lowest BCUT2D eigenvalue weighted by Gasteiger charge is -2.63. The van der Waals surface area contributed by atoms with Gasteiger partial charge in [0.25, 0.3) is 11.8 Å². The lowest BCUT2D eigenvalue weighted by Crippen LogP contribution is -2.74. The minimum atomic E-state index is -0.693. The zero-order chi connectivity index (χ0) is 64.1. The monoisotopic (exact) mass is 1290 g/mol. The second-order valence-corrected chi connectivity index (χ2v) is 23.4. The van der Waals surface area contributed by atoms with Crippen molar-refractivity contribution in [2.75, 3.05) is 144 Å². The minimum Gasteiger partial charge on any atom is -0.491 e. The van der Waals surface area contributed by atoms with Gasteiger partial charge < -0.3 is 77.7 Å². The zero-order valence-electron chi connectivity index (χ0n) is 51.7. The Labute approximate surface area is 536 Å². The van der Waals surface area contributed by atoms with Gasteiger partial charge in [0.1, 0.15) is 36.3 Å². The van der Waals surface area contributed by atoms with Crippen molar-refractivity contribution in [3.63, 3.8) is 0 Å². The van der Waals surface area contributed by atoms with E-state index in [-0.39, 0.29) is 66.6 Å². The predicted octanol–water partition coefficient (Wildman–Crippen LogP) is 7.35. The highest BCUT2D eigenvalue weighted by molar-refractivity contribution is 6.32. The molecule has 0 bridgehead atoms. The molecule has 7 rings (SSSR count). The number of halogens is 2. The summed E-state index contributed by atoms with van der Waals surface area (Å²) in [6, 6.07) is 23.4. The highest BCUT2D eigenvalue weighted by atomic mass is 35.5. The number of anilines is 1. The van der Waals surface area contributed by atoms with Crippen LogP contribution in [-0.4, -0.2) is 191 Å². The quantitative estimate of drug-likeness (QED) is 0.0249. The first-order valence-electron chi connectivity index (χ1n) is 30.3. The second kappa shape index (κ2) is 37.1. The summed E-state index contributed by atoms with van der Waals surface area (Å²) < 4.78 is 68.0. The lowest BCUT2D eigenvalue weighted by molar-refractivity contribution is -0.164. The Balaban J connectivity index is 0.570. The van der Waals surface area contributed by atoms with E-state index in [4.69, 9.17) is 80.0 Å². The largest absolute Gasteiger partial charge is 0.491 e. The number of benzene rings is 4. The summed E-state index contributed by atoms with van der Waals surface area (Å²) in [5.74, 6) is -0.0217. The number of fused-ring (bicyclic) bond motifs is 1. The van der Waals surface area contributed by atoms with Gasteiger partial charge in [-0.15, -0.1) is 0 Å². The molecular formula is C65H84Cl2N6O17. The van der Waals surface area contributed by atoms with Gasteiger partial charge in [-0.2, -0.15) is 5.26 Å². The fourth-order valence-corrected chi connectivity index (χ4v) is 11.4. The number of hydrogen-bond acceptors (Lipinski definition) is 18. The van der Waals surface area contributed by atoms with Crippen molar-refractivity contribution in [2.45, 2.75) is 78.2 Å². The van der Waals surface area contributed by atoms with Crippen molar-refractivity contribution in [1.82, 2.24) is 20.9 Å². The number of imide groups is 1. The second-order valence-electron chi connectivity index (χ2n) is 22.6. The van der Waals surface area contributed by atoms with E-state index in [1.807, 2.05) is 18.2 Å². The number of hydrogen-bond donors (Lipinski definition) is 4. The molecule has 3 aliphatic rings. The minimum absolute atomic E-state index is 0.155. The number of urea groups is 1. The van der Waals surface area contributed by atoms with E-state index in [0.29, 0.717) is 189 Å². The maximum Gasteiger partial charge on any atom is 0.319 e.